The molecule has 5 heteroatoms. The summed E-state index contributed by atoms with van der Waals surface area (Å²) in [6.45, 7) is 3.93. The molecule has 0 radical (unpaired) electrons. The van der Waals surface area contributed by atoms with Gasteiger partial charge in [0, 0.05) is 31.5 Å². The largest absolute Gasteiger partial charge is 0.261 e. The van der Waals surface area contributed by atoms with Gasteiger partial charge in [-0.05, 0) is 43.2 Å². The van der Waals surface area contributed by atoms with Crippen LogP contribution in [0.3, 0.4) is 0 Å². The third-order valence-corrected chi connectivity index (χ3v) is 5.00. The number of rotatable bonds is 3. The highest BCUT2D eigenvalue weighted by Crippen LogP contribution is 2.25. The van der Waals surface area contributed by atoms with Crippen LogP contribution in [-0.2, 0) is 10.0 Å². The lowest BCUT2D eigenvalue weighted by Crippen LogP contribution is -2.22. The summed E-state index contributed by atoms with van der Waals surface area (Å²) in [6, 6.07) is 8.95. The lowest BCUT2D eigenvalue weighted by Gasteiger charge is -2.12. The van der Waals surface area contributed by atoms with Crippen LogP contribution in [0, 0.1) is 13.8 Å². The summed E-state index contributed by atoms with van der Waals surface area (Å²) in [5, 5.41) is 0. The van der Waals surface area contributed by atoms with Gasteiger partial charge in [0.05, 0.1) is 4.90 Å². The van der Waals surface area contributed by atoms with E-state index in [2.05, 4.69) is 11.1 Å². The normalized spacial score (nSPS) is 11.8. The summed E-state index contributed by atoms with van der Waals surface area (Å²) in [5.41, 5.74) is 4.00. The maximum Gasteiger partial charge on any atom is 0.242 e. The second kappa shape index (κ2) is 5.34. The van der Waals surface area contributed by atoms with Crippen LogP contribution in [0.2, 0.25) is 0 Å². The standard InChI is InChI=1S/C15H18N2O2S/c1-11-9-15(12(2)16-10-11)13-5-7-14(8-6-13)20(18,19)17(3)4/h5-10H,1-4H3. The molecule has 20 heavy (non-hydrogen) atoms. The fourth-order valence-electron chi connectivity index (χ4n) is 1.95. The molecule has 1 heterocycles. The lowest BCUT2D eigenvalue weighted by atomic mass is 10.0. The molecule has 0 aliphatic rings. The third kappa shape index (κ3) is 2.73. The van der Waals surface area contributed by atoms with E-state index < -0.39 is 10.0 Å². The predicted octanol–water partition coefficient (Wildman–Crippen LogP) is 2.62. The fourth-order valence-corrected chi connectivity index (χ4v) is 2.85. The summed E-state index contributed by atoms with van der Waals surface area (Å²) in [6.07, 6.45) is 1.82. The third-order valence-electron chi connectivity index (χ3n) is 3.17. The topological polar surface area (TPSA) is 50.3 Å². The zero-order valence-corrected chi connectivity index (χ0v) is 12.9. The average molecular weight is 290 g/mol. The predicted molar refractivity (Wildman–Crippen MR) is 80.0 cm³/mol. The minimum atomic E-state index is -3.38. The molecule has 0 unspecified atom stereocenters. The Kier molecular flexibility index (Phi) is 3.92. The van der Waals surface area contributed by atoms with Gasteiger partial charge in [-0.1, -0.05) is 12.1 Å². The Labute approximate surface area is 120 Å². The highest BCUT2D eigenvalue weighted by atomic mass is 32.2. The summed E-state index contributed by atoms with van der Waals surface area (Å²) in [5.74, 6) is 0. The van der Waals surface area contributed by atoms with Crippen molar-refractivity contribution < 1.29 is 8.42 Å². The van der Waals surface area contributed by atoms with E-state index in [4.69, 9.17) is 0 Å². The number of benzene rings is 1. The highest BCUT2D eigenvalue weighted by molar-refractivity contribution is 7.89. The molecule has 2 rings (SSSR count). The van der Waals surface area contributed by atoms with Crippen LogP contribution in [0.15, 0.2) is 41.4 Å². The number of hydrogen-bond acceptors (Lipinski definition) is 3. The minimum Gasteiger partial charge on any atom is -0.261 e. The van der Waals surface area contributed by atoms with Crippen LogP contribution in [0.1, 0.15) is 11.3 Å². The zero-order chi connectivity index (χ0) is 14.9. The Morgan fingerprint density at radius 2 is 1.65 bits per heavy atom. The average Bonchev–Trinajstić information content (AvgIpc) is 2.41. The Hall–Kier alpha value is -1.72. The number of hydrogen-bond donors (Lipinski definition) is 0. The molecule has 1 aromatic carbocycles. The fraction of sp³-hybridized carbons (Fsp3) is 0.267. The number of aromatic nitrogens is 1. The SMILES string of the molecule is Cc1cnc(C)c(-c2ccc(S(=O)(=O)N(C)C)cc2)c1. The minimum absolute atomic E-state index is 0.296. The van der Waals surface area contributed by atoms with Crippen molar-refractivity contribution in [3.05, 3.63) is 47.8 Å². The van der Waals surface area contributed by atoms with Crippen LogP contribution in [0.25, 0.3) is 11.1 Å². The summed E-state index contributed by atoms with van der Waals surface area (Å²) in [7, 11) is -0.325. The summed E-state index contributed by atoms with van der Waals surface area (Å²) in [4.78, 5) is 4.62. The van der Waals surface area contributed by atoms with E-state index in [9.17, 15) is 8.42 Å². The Morgan fingerprint density at radius 3 is 2.20 bits per heavy atom. The van der Waals surface area contributed by atoms with Crippen LogP contribution in [0.5, 0.6) is 0 Å². The van der Waals surface area contributed by atoms with E-state index in [1.807, 2.05) is 32.2 Å². The van der Waals surface area contributed by atoms with Crippen molar-refractivity contribution in [3.8, 4) is 11.1 Å². The molecular weight excluding hydrogens is 272 g/mol. The molecule has 0 aliphatic carbocycles. The van der Waals surface area contributed by atoms with Gasteiger partial charge in [-0.25, -0.2) is 12.7 Å². The van der Waals surface area contributed by atoms with Crippen molar-refractivity contribution in [1.82, 2.24) is 9.29 Å². The molecule has 0 spiro atoms. The number of nitrogens with zero attached hydrogens (tertiary/aromatic N) is 2. The van der Waals surface area contributed by atoms with E-state index in [1.54, 1.807) is 12.1 Å². The van der Waals surface area contributed by atoms with Crippen LogP contribution in [-0.4, -0.2) is 31.8 Å². The first kappa shape index (κ1) is 14.7. The summed E-state index contributed by atoms with van der Waals surface area (Å²) >= 11 is 0. The lowest BCUT2D eigenvalue weighted by molar-refractivity contribution is 0.521. The highest BCUT2D eigenvalue weighted by Gasteiger charge is 2.16. The van der Waals surface area contributed by atoms with Crippen LogP contribution >= 0.6 is 0 Å². The molecule has 0 aliphatic heterocycles. The Morgan fingerprint density at radius 1 is 1.05 bits per heavy atom. The van der Waals surface area contributed by atoms with Crippen LogP contribution < -0.4 is 0 Å². The second-order valence-corrected chi connectivity index (χ2v) is 7.11. The molecule has 0 N–H and O–H groups in total. The zero-order valence-electron chi connectivity index (χ0n) is 12.1. The van der Waals surface area contributed by atoms with Crippen molar-refractivity contribution in [2.75, 3.05) is 14.1 Å². The quantitative estimate of drug-likeness (QED) is 0.873. The number of sulfonamides is 1. The molecule has 0 amide bonds. The maximum atomic E-state index is 12.0. The summed E-state index contributed by atoms with van der Waals surface area (Å²) < 4.78 is 25.2. The monoisotopic (exact) mass is 290 g/mol. The van der Waals surface area contributed by atoms with Gasteiger partial charge in [0.2, 0.25) is 10.0 Å². The van der Waals surface area contributed by atoms with Gasteiger partial charge in [0.1, 0.15) is 0 Å². The van der Waals surface area contributed by atoms with Crippen LogP contribution in [0.4, 0.5) is 0 Å². The Balaban J connectivity index is 2.46. The molecule has 4 nitrogen and oxygen atoms in total. The molecule has 0 atom stereocenters. The first-order valence-corrected chi connectivity index (χ1v) is 7.72. The van der Waals surface area contributed by atoms with E-state index in [0.717, 1.165) is 22.4 Å². The first-order chi connectivity index (χ1) is 9.32. The van der Waals surface area contributed by atoms with Crippen molar-refractivity contribution >= 4 is 10.0 Å². The van der Waals surface area contributed by atoms with E-state index in [0.29, 0.717) is 4.90 Å². The molecule has 0 fully saturated rings. The van der Waals surface area contributed by atoms with Gasteiger partial charge in [-0.15, -0.1) is 0 Å². The van der Waals surface area contributed by atoms with E-state index in [-0.39, 0.29) is 0 Å². The van der Waals surface area contributed by atoms with Gasteiger partial charge >= 0.3 is 0 Å². The molecule has 106 valence electrons. The Bertz CT molecular complexity index is 720. The molecule has 0 bridgehead atoms. The molecule has 2 aromatic rings. The van der Waals surface area contributed by atoms with Crippen molar-refractivity contribution in [2.24, 2.45) is 0 Å². The molecule has 0 saturated heterocycles. The van der Waals surface area contributed by atoms with E-state index in [1.165, 1.54) is 18.4 Å². The van der Waals surface area contributed by atoms with Crippen molar-refractivity contribution in [3.63, 3.8) is 0 Å². The van der Waals surface area contributed by atoms with E-state index >= 15 is 0 Å². The van der Waals surface area contributed by atoms with Gasteiger partial charge in [0.25, 0.3) is 0 Å². The molecular formula is C15H18N2O2S. The maximum absolute atomic E-state index is 12.0. The number of pyridine rings is 1. The van der Waals surface area contributed by atoms with Crippen molar-refractivity contribution in [1.29, 1.82) is 0 Å². The van der Waals surface area contributed by atoms with Gasteiger partial charge in [-0.2, -0.15) is 0 Å². The molecule has 0 saturated carbocycles. The first-order valence-electron chi connectivity index (χ1n) is 6.28. The van der Waals surface area contributed by atoms with Gasteiger partial charge in [0.15, 0.2) is 0 Å². The second-order valence-electron chi connectivity index (χ2n) is 4.96. The van der Waals surface area contributed by atoms with Gasteiger partial charge < -0.3 is 0 Å². The smallest absolute Gasteiger partial charge is 0.242 e. The number of aryl methyl sites for hydroxylation is 2. The van der Waals surface area contributed by atoms with Crippen molar-refractivity contribution in [2.45, 2.75) is 18.7 Å². The molecule has 1 aromatic heterocycles. The van der Waals surface area contributed by atoms with Gasteiger partial charge in [-0.3, -0.25) is 4.98 Å².